The van der Waals surface area contributed by atoms with Gasteiger partial charge in [0.1, 0.15) is 5.56 Å². The molecule has 0 bridgehead atoms. The summed E-state index contributed by atoms with van der Waals surface area (Å²) in [4.78, 5) is 37.9. The molecule has 0 spiro atoms. The fraction of sp³-hybridized carbons (Fsp3) is 0.333. The van der Waals surface area contributed by atoms with Crippen LogP contribution in [0.2, 0.25) is 0 Å². The van der Waals surface area contributed by atoms with Crippen LogP contribution in [0.5, 0.6) is 0 Å². The van der Waals surface area contributed by atoms with Crippen molar-refractivity contribution in [3.63, 3.8) is 0 Å². The number of aromatic nitrogens is 2. The minimum Gasteiger partial charge on any atom is -0.368 e. The van der Waals surface area contributed by atoms with Crippen molar-refractivity contribution in [1.29, 1.82) is 0 Å². The van der Waals surface area contributed by atoms with Crippen molar-refractivity contribution in [3.05, 3.63) is 27.2 Å². The highest BCUT2D eigenvalue weighted by Gasteiger charge is 2.16. The molecule has 0 aliphatic heterocycles. The lowest BCUT2D eigenvalue weighted by atomic mass is 10.1. The summed E-state index contributed by atoms with van der Waals surface area (Å²) >= 11 is 0. The van der Waals surface area contributed by atoms with E-state index in [4.69, 9.17) is 5.73 Å². The number of rotatable bonds is 4. The number of primary amides is 1. The number of carbonyl (C=O) groups is 2. The highest BCUT2D eigenvalue weighted by atomic mass is 16.7. The molecule has 1 heterocycles. The minimum atomic E-state index is -0.754. The third kappa shape index (κ3) is 3.11. The zero-order valence-corrected chi connectivity index (χ0v) is 9.36. The van der Waals surface area contributed by atoms with Crippen molar-refractivity contribution in [2.24, 2.45) is 5.73 Å². The van der Waals surface area contributed by atoms with Crippen LogP contribution in [0.1, 0.15) is 21.6 Å². The van der Waals surface area contributed by atoms with Crippen LogP contribution >= 0.6 is 0 Å². The highest BCUT2D eigenvalue weighted by Crippen LogP contribution is 2.04. The molecule has 0 fully saturated rings. The van der Waals surface area contributed by atoms with Gasteiger partial charge in [-0.1, -0.05) is 0 Å². The van der Waals surface area contributed by atoms with Crippen LogP contribution in [0.4, 0.5) is 0 Å². The molecule has 4 N–H and O–H groups in total. The lowest BCUT2D eigenvalue weighted by Crippen LogP contribution is -2.34. The number of hydrogen-bond donors (Lipinski definition) is 3. The largest absolute Gasteiger partial charge is 0.368 e. The number of amides is 2. The van der Waals surface area contributed by atoms with Crippen LogP contribution in [-0.2, 0) is 9.63 Å². The fourth-order valence-corrected chi connectivity index (χ4v) is 1.12. The van der Waals surface area contributed by atoms with E-state index in [1.807, 2.05) is 5.48 Å². The molecule has 0 unspecified atom stereocenters. The molecule has 92 valence electrons. The Balaban J connectivity index is 2.86. The second kappa shape index (κ2) is 5.21. The number of carbonyl (C=O) groups excluding carboxylic acids is 2. The molecule has 17 heavy (non-hydrogen) atoms. The van der Waals surface area contributed by atoms with Gasteiger partial charge in [0.2, 0.25) is 5.91 Å². The average Bonchev–Trinajstić information content (AvgIpc) is 2.23. The number of aromatic amines is 1. The van der Waals surface area contributed by atoms with Gasteiger partial charge in [-0.2, -0.15) is 5.10 Å². The molecule has 0 atom stereocenters. The average molecular weight is 240 g/mol. The van der Waals surface area contributed by atoms with Gasteiger partial charge in [-0.25, -0.2) is 10.6 Å². The molecule has 0 radical (unpaired) electrons. The molecule has 0 aromatic carbocycles. The summed E-state index contributed by atoms with van der Waals surface area (Å²) in [5.74, 6) is -1.49. The number of nitrogens with two attached hydrogens (primary N) is 1. The Morgan fingerprint density at radius 3 is 2.71 bits per heavy atom. The summed E-state index contributed by atoms with van der Waals surface area (Å²) < 4.78 is 0. The van der Waals surface area contributed by atoms with E-state index in [0.29, 0.717) is 11.3 Å². The predicted octanol–water partition coefficient (Wildman–Crippen LogP) is -1.47. The number of H-pyrrole nitrogens is 1. The van der Waals surface area contributed by atoms with Gasteiger partial charge >= 0.3 is 0 Å². The van der Waals surface area contributed by atoms with E-state index in [1.54, 1.807) is 13.8 Å². The Morgan fingerprint density at radius 1 is 1.47 bits per heavy atom. The van der Waals surface area contributed by atoms with E-state index in [-0.39, 0.29) is 5.56 Å². The molecular formula is C9H12N4O4. The number of nitrogens with zero attached hydrogens (tertiary/aromatic N) is 1. The lowest BCUT2D eigenvalue weighted by Gasteiger charge is -2.06. The van der Waals surface area contributed by atoms with E-state index in [1.165, 1.54) is 0 Å². The van der Waals surface area contributed by atoms with E-state index in [0.717, 1.165) is 0 Å². The van der Waals surface area contributed by atoms with E-state index in [9.17, 15) is 14.4 Å². The second-order valence-corrected chi connectivity index (χ2v) is 3.32. The van der Waals surface area contributed by atoms with Crippen molar-refractivity contribution < 1.29 is 14.4 Å². The third-order valence-corrected chi connectivity index (χ3v) is 2.08. The molecule has 8 heteroatoms. The van der Waals surface area contributed by atoms with Gasteiger partial charge in [-0.05, 0) is 19.4 Å². The Labute approximate surface area is 96.1 Å². The van der Waals surface area contributed by atoms with Gasteiger partial charge in [-0.3, -0.25) is 19.2 Å². The predicted molar refractivity (Wildman–Crippen MR) is 56.9 cm³/mol. The first-order valence-corrected chi connectivity index (χ1v) is 4.69. The summed E-state index contributed by atoms with van der Waals surface area (Å²) in [7, 11) is 0. The summed E-state index contributed by atoms with van der Waals surface area (Å²) in [6.45, 7) is 2.76. The highest BCUT2D eigenvalue weighted by molar-refractivity contribution is 5.94. The quantitative estimate of drug-likeness (QED) is 0.554. The van der Waals surface area contributed by atoms with Crippen molar-refractivity contribution >= 4 is 11.8 Å². The minimum absolute atomic E-state index is 0.109. The molecule has 1 rings (SSSR count). The van der Waals surface area contributed by atoms with Crippen LogP contribution < -0.4 is 16.8 Å². The standard InChI is InChI=1S/C9H12N4O4/c1-4-5(2)11-12-8(15)7(4)9(16)13-17-3-6(10)14/h3H2,1-2H3,(H2,10,14)(H,12,15)(H,13,16). The van der Waals surface area contributed by atoms with Gasteiger partial charge in [-0.15, -0.1) is 0 Å². The van der Waals surface area contributed by atoms with Crippen LogP contribution in [0.25, 0.3) is 0 Å². The summed E-state index contributed by atoms with van der Waals surface area (Å²) in [6.07, 6.45) is 0. The third-order valence-electron chi connectivity index (χ3n) is 2.08. The zero-order chi connectivity index (χ0) is 13.0. The maximum atomic E-state index is 11.6. The number of aryl methyl sites for hydroxylation is 1. The van der Waals surface area contributed by atoms with E-state index >= 15 is 0 Å². The van der Waals surface area contributed by atoms with Gasteiger partial charge in [0, 0.05) is 0 Å². The van der Waals surface area contributed by atoms with Crippen LogP contribution in [0.15, 0.2) is 4.79 Å². The smallest absolute Gasteiger partial charge is 0.280 e. The monoisotopic (exact) mass is 240 g/mol. The molecule has 2 amide bonds. The van der Waals surface area contributed by atoms with Gasteiger partial charge < -0.3 is 5.73 Å². The fourth-order valence-electron chi connectivity index (χ4n) is 1.12. The van der Waals surface area contributed by atoms with Gasteiger partial charge in [0.15, 0.2) is 6.61 Å². The Hall–Kier alpha value is -2.22. The molecular weight excluding hydrogens is 228 g/mol. The molecule has 8 nitrogen and oxygen atoms in total. The normalized spacial score (nSPS) is 10.0. The SMILES string of the molecule is Cc1n[nH]c(=O)c(C(=O)NOCC(N)=O)c1C. The second-order valence-electron chi connectivity index (χ2n) is 3.32. The number of nitrogens with one attached hydrogen (secondary N) is 2. The Bertz CT molecular complexity index is 508. The number of hydroxylamine groups is 1. The molecule has 0 saturated carbocycles. The summed E-state index contributed by atoms with van der Waals surface area (Å²) in [5, 5.41) is 5.87. The molecule has 1 aromatic rings. The lowest BCUT2D eigenvalue weighted by molar-refractivity contribution is -0.124. The van der Waals surface area contributed by atoms with Gasteiger partial charge in [0.25, 0.3) is 11.5 Å². The number of hydrogen-bond acceptors (Lipinski definition) is 5. The van der Waals surface area contributed by atoms with Crippen LogP contribution in [-0.4, -0.2) is 28.6 Å². The first kappa shape index (κ1) is 12.8. The van der Waals surface area contributed by atoms with Crippen molar-refractivity contribution in [2.45, 2.75) is 13.8 Å². The van der Waals surface area contributed by atoms with E-state index in [2.05, 4.69) is 15.0 Å². The molecule has 1 aromatic heterocycles. The maximum absolute atomic E-state index is 11.6. The van der Waals surface area contributed by atoms with Crippen molar-refractivity contribution in [3.8, 4) is 0 Å². The summed E-state index contributed by atoms with van der Waals surface area (Å²) in [5.41, 5.74) is 6.98. The molecule has 0 saturated heterocycles. The van der Waals surface area contributed by atoms with Crippen LogP contribution in [0, 0.1) is 13.8 Å². The first-order chi connectivity index (χ1) is 7.93. The first-order valence-electron chi connectivity index (χ1n) is 4.69. The van der Waals surface area contributed by atoms with Crippen molar-refractivity contribution in [2.75, 3.05) is 6.61 Å². The molecule has 0 aliphatic carbocycles. The molecule has 0 aliphatic rings. The Kier molecular flexibility index (Phi) is 3.94. The van der Waals surface area contributed by atoms with E-state index < -0.39 is 24.0 Å². The maximum Gasteiger partial charge on any atom is 0.280 e. The Morgan fingerprint density at radius 2 is 2.12 bits per heavy atom. The summed E-state index contributed by atoms with van der Waals surface area (Å²) in [6, 6.07) is 0. The van der Waals surface area contributed by atoms with Crippen molar-refractivity contribution in [1.82, 2.24) is 15.7 Å². The van der Waals surface area contributed by atoms with Crippen LogP contribution in [0.3, 0.4) is 0 Å². The van der Waals surface area contributed by atoms with Gasteiger partial charge in [0.05, 0.1) is 5.69 Å². The zero-order valence-electron chi connectivity index (χ0n) is 9.36. The topological polar surface area (TPSA) is 127 Å².